The van der Waals surface area contributed by atoms with Crippen molar-refractivity contribution in [2.45, 2.75) is 36.4 Å². The number of rotatable bonds is 6. The first kappa shape index (κ1) is 33.3. The highest BCUT2D eigenvalue weighted by atomic mass is 35.5. The molecular weight excluding hydrogens is 687 g/mol. The zero-order valence-corrected chi connectivity index (χ0v) is 26.6. The summed E-state index contributed by atoms with van der Waals surface area (Å²) in [7, 11) is -5.51. The van der Waals surface area contributed by atoms with Crippen LogP contribution in [-0.4, -0.2) is 41.1 Å². The van der Waals surface area contributed by atoms with Gasteiger partial charge in [-0.05, 0) is 84.1 Å². The molecule has 4 aromatic carbocycles. The highest BCUT2D eigenvalue weighted by Crippen LogP contribution is 2.40. The lowest BCUT2D eigenvalue weighted by Crippen LogP contribution is -2.44. The highest BCUT2D eigenvalue weighted by Gasteiger charge is 2.50. The van der Waals surface area contributed by atoms with E-state index >= 15 is 0 Å². The summed E-state index contributed by atoms with van der Waals surface area (Å²) in [6.07, 6.45) is -4.53. The summed E-state index contributed by atoms with van der Waals surface area (Å²) >= 11 is 12.4. The van der Waals surface area contributed by atoms with Crippen molar-refractivity contribution in [3.05, 3.63) is 129 Å². The van der Waals surface area contributed by atoms with E-state index in [2.05, 4.69) is 0 Å². The molecule has 0 spiro atoms. The van der Waals surface area contributed by atoms with Gasteiger partial charge in [0.2, 0.25) is 0 Å². The predicted octanol–water partition coefficient (Wildman–Crippen LogP) is 9.56. The molecule has 0 radical (unpaired) electrons. The molecule has 1 aliphatic rings. The van der Waals surface area contributed by atoms with Crippen LogP contribution in [-0.2, 0) is 16.2 Å². The third-order valence-corrected chi connectivity index (χ3v) is 10.5. The average molecular weight is 713 g/mol. The first-order chi connectivity index (χ1) is 22.1. The first-order valence-electron chi connectivity index (χ1n) is 14.4. The van der Waals surface area contributed by atoms with E-state index in [1.165, 1.54) is 16.8 Å². The number of piperidine rings is 1. The summed E-state index contributed by atoms with van der Waals surface area (Å²) < 4.78 is 107. The van der Waals surface area contributed by atoms with E-state index in [-0.39, 0.29) is 37.5 Å². The van der Waals surface area contributed by atoms with Crippen LogP contribution < -0.4 is 0 Å². The second kappa shape index (κ2) is 12.5. The lowest BCUT2D eigenvalue weighted by Gasteiger charge is -2.31. The fourth-order valence-corrected chi connectivity index (χ4v) is 7.29. The monoisotopic (exact) mass is 711 g/mol. The topological polar surface area (TPSA) is 55.2 Å². The number of nitrogens with zero attached hydrogens (tertiary/aromatic N) is 3. The minimum atomic E-state index is -5.51. The van der Waals surface area contributed by atoms with E-state index in [9.17, 15) is 34.8 Å². The van der Waals surface area contributed by atoms with Gasteiger partial charge in [0.1, 0.15) is 0 Å². The maximum absolute atomic E-state index is 13.6. The molecule has 1 fully saturated rings. The van der Waals surface area contributed by atoms with Crippen LogP contribution in [0.15, 0.2) is 91.0 Å². The molecule has 5 aromatic rings. The van der Waals surface area contributed by atoms with Crippen LogP contribution in [0.25, 0.3) is 16.6 Å². The molecule has 0 amide bonds. The van der Waals surface area contributed by atoms with Crippen LogP contribution in [0.1, 0.15) is 52.6 Å². The fourth-order valence-electron chi connectivity index (χ4n) is 6.05. The van der Waals surface area contributed by atoms with E-state index in [0.29, 0.717) is 30.9 Å². The van der Waals surface area contributed by atoms with Gasteiger partial charge in [0, 0.05) is 40.4 Å². The summed E-state index contributed by atoms with van der Waals surface area (Å²) in [5.41, 5.74) is -2.61. The Hall–Kier alpha value is -3.58. The maximum atomic E-state index is 13.6. The van der Waals surface area contributed by atoms with Gasteiger partial charge >= 0.3 is 21.7 Å². The third-order valence-electron chi connectivity index (χ3n) is 8.36. The van der Waals surface area contributed by atoms with Crippen LogP contribution in [0, 0.1) is 0 Å². The number of fused-ring (bicyclic) bond motifs is 1. The third kappa shape index (κ3) is 6.61. The number of benzene rings is 4. The molecule has 14 heteroatoms. The van der Waals surface area contributed by atoms with Crippen LogP contribution >= 0.6 is 23.2 Å². The van der Waals surface area contributed by atoms with Gasteiger partial charge < -0.3 is 0 Å². The molecule has 0 bridgehead atoms. The summed E-state index contributed by atoms with van der Waals surface area (Å²) in [5.74, 6) is -0.790. The van der Waals surface area contributed by atoms with Gasteiger partial charge in [-0.1, -0.05) is 59.6 Å². The van der Waals surface area contributed by atoms with Crippen molar-refractivity contribution in [2.24, 2.45) is 0 Å². The molecular formula is C33H25Cl2F6N3O2S. The molecule has 0 atom stereocenters. The van der Waals surface area contributed by atoms with Crippen molar-refractivity contribution in [1.82, 2.24) is 14.1 Å². The summed E-state index contributed by atoms with van der Waals surface area (Å²) in [6, 6.07) is 24.8. The Morgan fingerprint density at radius 1 is 0.745 bits per heavy atom. The molecule has 0 unspecified atom stereocenters. The Kier molecular flexibility index (Phi) is 8.84. The zero-order chi connectivity index (χ0) is 33.7. The molecule has 0 aliphatic carbocycles. The Morgan fingerprint density at radius 2 is 1.30 bits per heavy atom. The van der Waals surface area contributed by atoms with Gasteiger partial charge in [-0.3, -0.25) is 0 Å². The lowest BCUT2D eigenvalue weighted by atomic mass is 9.84. The zero-order valence-electron chi connectivity index (χ0n) is 24.2. The standard InChI is InChI=1S/C33H25Cl2F6N3O2S/c34-25-9-4-20(5-10-25)30(21-6-11-26(35)12-7-21)23-8-13-29-28(18-23)31(22-14-16-43(17-15-22)47(45,46)33(39,40)41)42-44(29)27-3-1-2-24(19-27)32(36,37)38/h1-13,18-19,22,30H,14-17H2. The largest absolute Gasteiger partial charge is 0.511 e. The van der Waals surface area contributed by atoms with Crippen molar-refractivity contribution in [3.63, 3.8) is 0 Å². The number of hydrogen-bond acceptors (Lipinski definition) is 3. The predicted molar refractivity (Wildman–Crippen MR) is 168 cm³/mol. The maximum Gasteiger partial charge on any atom is 0.511 e. The molecule has 6 rings (SSSR count). The number of halogens is 8. The second-order valence-electron chi connectivity index (χ2n) is 11.3. The van der Waals surface area contributed by atoms with Crippen LogP contribution in [0.2, 0.25) is 10.0 Å². The minimum absolute atomic E-state index is 0.0338. The second-order valence-corrected chi connectivity index (χ2v) is 14.1. The summed E-state index contributed by atoms with van der Waals surface area (Å²) in [4.78, 5) is 0. The van der Waals surface area contributed by atoms with E-state index in [4.69, 9.17) is 28.3 Å². The molecule has 1 saturated heterocycles. The number of alkyl halides is 6. The van der Waals surface area contributed by atoms with Crippen LogP contribution in [0.3, 0.4) is 0 Å². The van der Waals surface area contributed by atoms with Gasteiger partial charge in [-0.2, -0.15) is 35.7 Å². The van der Waals surface area contributed by atoms with Crippen molar-refractivity contribution >= 4 is 44.1 Å². The Labute approximate surface area is 276 Å². The van der Waals surface area contributed by atoms with Gasteiger partial charge in [-0.15, -0.1) is 0 Å². The van der Waals surface area contributed by atoms with Gasteiger partial charge in [-0.25, -0.2) is 13.1 Å². The highest BCUT2D eigenvalue weighted by molar-refractivity contribution is 7.90. The van der Waals surface area contributed by atoms with Crippen LogP contribution in [0.4, 0.5) is 26.3 Å². The molecule has 1 aromatic heterocycles. The minimum Gasteiger partial charge on any atom is -0.233 e. The molecule has 246 valence electrons. The van der Waals surface area contributed by atoms with Crippen molar-refractivity contribution in [2.75, 3.05) is 13.1 Å². The molecule has 47 heavy (non-hydrogen) atoms. The van der Waals surface area contributed by atoms with Crippen molar-refractivity contribution in [3.8, 4) is 5.69 Å². The molecule has 0 saturated carbocycles. The van der Waals surface area contributed by atoms with E-state index in [1.54, 1.807) is 30.3 Å². The number of sulfonamides is 1. The van der Waals surface area contributed by atoms with Crippen molar-refractivity contribution in [1.29, 1.82) is 0 Å². The van der Waals surface area contributed by atoms with Gasteiger partial charge in [0.05, 0.1) is 22.5 Å². The smallest absolute Gasteiger partial charge is 0.233 e. The summed E-state index contributed by atoms with van der Waals surface area (Å²) in [6.45, 7) is -0.773. The quantitative estimate of drug-likeness (QED) is 0.130. The molecule has 1 aliphatic heterocycles. The molecule has 2 heterocycles. The van der Waals surface area contributed by atoms with E-state index < -0.39 is 33.2 Å². The molecule has 5 nitrogen and oxygen atoms in total. The normalized spacial score (nSPS) is 15.5. The SMILES string of the molecule is O=S(=O)(N1CCC(c2nn(-c3cccc(C(F)(F)F)c3)c3ccc(C(c4ccc(Cl)cc4)c4ccc(Cl)cc4)cc23)CC1)C(F)(F)F. The van der Waals surface area contributed by atoms with Crippen LogP contribution in [0.5, 0.6) is 0 Å². The van der Waals surface area contributed by atoms with Crippen molar-refractivity contribution < 1.29 is 34.8 Å². The fraction of sp³-hybridized carbons (Fsp3) is 0.242. The number of hydrogen-bond donors (Lipinski definition) is 0. The Balaban J connectivity index is 1.49. The van der Waals surface area contributed by atoms with E-state index in [1.807, 2.05) is 36.4 Å². The summed E-state index contributed by atoms with van der Waals surface area (Å²) in [5, 5.41) is 6.41. The number of aromatic nitrogens is 2. The van der Waals surface area contributed by atoms with Gasteiger partial charge in [0.25, 0.3) is 0 Å². The molecule has 0 N–H and O–H groups in total. The average Bonchev–Trinajstić information content (AvgIpc) is 3.41. The first-order valence-corrected chi connectivity index (χ1v) is 16.6. The Bertz CT molecular complexity index is 1980. The van der Waals surface area contributed by atoms with Gasteiger partial charge in [0.15, 0.2) is 0 Å². The van der Waals surface area contributed by atoms with E-state index in [0.717, 1.165) is 28.8 Å². The lowest BCUT2D eigenvalue weighted by molar-refractivity contribution is -0.137. The Morgan fingerprint density at radius 3 is 1.83 bits per heavy atom.